The molecule has 1 unspecified atom stereocenters. The number of nitrogens with one attached hydrogen (secondary N) is 1. The summed E-state index contributed by atoms with van der Waals surface area (Å²) in [5.41, 5.74) is 7.54. The number of hydrogen-bond acceptors (Lipinski definition) is 3. The number of fused-ring (bicyclic) bond motifs is 1. The van der Waals surface area contributed by atoms with Gasteiger partial charge in [0.25, 0.3) is 0 Å². The highest BCUT2D eigenvalue weighted by Crippen LogP contribution is 2.34. The maximum atomic E-state index is 5.96. The number of thiophene rings is 1. The van der Waals surface area contributed by atoms with Gasteiger partial charge < -0.3 is 11.1 Å². The van der Waals surface area contributed by atoms with Crippen molar-refractivity contribution in [3.63, 3.8) is 0 Å². The zero-order valence-corrected chi connectivity index (χ0v) is 11.1. The summed E-state index contributed by atoms with van der Waals surface area (Å²) >= 11 is 1.93. The fourth-order valence-corrected chi connectivity index (χ4v) is 4.22. The highest BCUT2D eigenvalue weighted by Gasteiger charge is 2.25. The van der Waals surface area contributed by atoms with Crippen LogP contribution in [-0.2, 0) is 6.42 Å². The van der Waals surface area contributed by atoms with Gasteiger partial charge in [-0.2, -0.15) is 0 Å². The van der Waals surface area contributed by atoms with Gasteiger partial charge in [-0.3, -0.25) is 0 Å². The van der Waals surface area contributed by atoms with Crippen molar-refractivity contribution in [3.05, 3.63) is 21.9 Å². The molecule has 2 nitrogen and oxygen atoms in total. The van der Waals surface area contributed by atoms with E-state index in [4.69, 9.17) is 5.73 Å². The topological polar surface area (TPSA) is 38.0 Å². The van der Waals surface area contributed by atoms with Gasteiger partial charge in [-0.15, -0.1) is 11.3 Å². The van der Waals surface area contributed by atoms with Crippen LogP contribution in [0.5, 0.6) is 0 Å². The first-order valence-corrected chi connectivity index (χ1v) is 7.79. The van der Waals surface area contributed by atoms with Crippen molar-refractivity contribution >= 4 is 11.3 Å². The standard InChI is InChI=1S/C14H22N2S/c15-10-4-6-11(7-5-10)16-13-2-1-3-14-12(13)8-9-17-14/h8-11,13,16H,1-7,15H2. The molecule has 3 heteroatoms. The van der Waals surface area contributed by atoms with Gasteiger partial charge in [0.1, 0.15) is 0 Å². The maximum Gasteiger partial charge on any atom is 0.0333 e. The molecule has 94 valence electrons. The molecule has 1 saturated carbocycles. The van der Waals surface area contributed by atoms with Crippen LogP contribution in [0.3, 0.4) is 0 Å². The molecule has 0 spiro atoms. The molecule has 1 aromatic heterocycles. The molecule has 0 radical (unpaired) electrons. The molecule has 1 atom stereocenters. The lowest BCUT2D eigenvalue weighted by molar-refractivity contribution is 0.303. The predicted octanol–water partition coefficient (Wildman–Crippen LogP) is 2.99. The van der Waals surface area contributed by atoms with E-state index in [1.165, 1.54) is 44.9 Å². The van der Waals surface area contributed by atoms with Crippen LogP contribution in [0.15, 0.2) is 11.4 Å². The van der Waals surface area contributed by atoms with Crippen molar-refractivity contribution in [1.29, 1.82) is 0 Å². The molecule has 1 aromatic rings. The lowest BCUT2D eigenvalue weighted by Crippen LogP contribution is -2.39. The van der Waals surface area contributed by atoms with E-state index in [0.717, 1.165) is 0 Å². The van der Waals surface area contributed by atoms with Crippen molar-refractivity contribution < 1.29 is 0 Å². The number of nitrogens with two attached hydrogens (primary N) is 1. The Kier molecular flexibility index (Phi) is 3.50. The number of rotatable bonds is 2. The smallest absolute Gasteiger partial charge is 0.0333 e. The average Bonchev–Trinajstić information content (AvgIpc) is 2.81. The molecule has 0 aliphatic heterocycles. The Balaban J connectivity index is 1.63. The largest absolute Gasteiger partial charge is 0.328 e. The lowest BCUT2D eigenvalue weighted by Gasteiger charge is -2.32. The highest BCUT2D eigenvalue weighted by molar-refractivity contribution is 7.10. The Morgan fingerprint density at radius 3 is 2.82 bits per heavy atom. The molecular formula is C14H22N2S. The van der Waals surface area contributed by atoms with Gasteiger partial charge in [-0.1, -0.05) is 0 Å². The molecule has 17 heavy (non-hydrogen) atoms. The van der Waals surface area contributed by atoms with Gasteiger partial charge in [-0.05, 0) is 62.0 Å². The van der Waals surface area contributed by atoms with Crippen LogP contribution < -0.4 is 11.1 Å². The van der Waals surface area contributed by atoms with Crippen molar-refractivity contribution in [2.45, 2.75) is 63.1 Å². The summed E-state index contributed by atoms with van der Waals surface area (Å²) in [6, 6.07) is 4.09. The van der Waals surface area contributed by atoms with Crippen LogP contribution in [0.2, 0.25) is 0 Å². The third-order valence-corrected chi connectivity index (χ3v) is 5.26. The van der Waals surface area contributed by atoms with Gasteiger partial charge in [-0.25, -0.2) is 0 Å². The Labute approximate surface area is 108 Å². The van der Waals surface area contributed by atoms with E-state index >= 15 is 0 Å². The van der Waals surface area contributed by atoms with Crippen LogP contribution in [0, 0.1) is 0 Å². The predicted molar refractivity (Wildman–Crippen MR) is 73.4 cm³/mol. The third-order valence-electron chi connectivity index (χ3n) is 4.26. The zero-order chi connectivity index (χ0) is 11.7. The summed E-state index contributed by atoms with van der Waals surface area (Å²) < 4.78 is 0. The minimum absolute atomic E-state index is 0.455. The Hall–Kier alpha value is -0.380. The highest BCUT2D eigenvalue weighted by atomic mass is 32.1. The second kappa shape index (κ2) is 5.09. The second-order valence-corrected chi connectivity index (χ2v) is 6.52. The summed E-state index contributed by atoms with van der Waals surface area (Å²) in [5.74, 6) is 0. The summed E-state index contributed by atoms with van der Waals surface area (Å²) in [5, 5.41) is 6.12. The quantitative estimate of drug-likeness (QED) is 0.847. The number of aryl methyl sites for hydroxylation is 1. The van der Waals surface area contributed by atoms with E-state index in [2.05, 4.69) is 16.8 Å². The first-order valence-electron chi connectivity index (χ1n) is 6.91. The monoisotopic (exact) mass is 250 g/mol. The van der Waals surface area contributed by atoms with Gasteiger partial charge in [0.2, 0.25) is 0 Å². The lowest BCUT2D eigenvalue weighted by atomic mass is 9.88. The van der Waals surface area contributed by atoms with E-state index in [1.807, 2.05) is 11.3 Å². The normalized spacial score (nSPS) is 33.4. The summed E-state index contributed by atoms with van der Waals surface area (Å²) in [4.78, 5) is 1.61. The molecule has 3 rings (SSSR count). The first kappa shape index (κ1) is 11.7. The van der Waals surface area contributed by atoms with E-state index in [9.17, 15) is 0 Å². The van der Waals surface area contributed by atoms with E-state index in [-0.39, 0.29) is 0 Å². The van der Waals surface area contributed by atoms with E-state index < -0.39 is 0 Å². The third kappa shape index (κ3) is 2.56. The number of hydrogen-bond donors (Lipinski definition) is 2. The molecule has 1 heterocycles. The van der Waals surface area contributed by atoms with Crippen LogP contribution >= 0.6 is 11.3 Å². The summed E-state index contributed by atoms with van der Waals surface area (Å²) in [6.45, 7) is 0. The van der Waals surface area contributed by atoms with Crippen molar-refractivity contribution in [2.75, 3.05) is 0 Å². The minimum atomic E-state index is 0.455. The minimum Gasteiger partial charge on any atom is -0.328 e. The molecule has 1 fully saturated rings. The average molecular weight is 250 g/mol. The van der Waals surface area contributed by atoms with Crippen LogP contribution in [0.1, 0.15) is 55.0 Å². The molecule has 3 N–H and O–H groups in total. The molecule has 0 bridgehead atoms. The van der Waals surface area contributed by atoms with Gasteiger partial charge in [0.05, 0.1) is 0 Å². The van der Waals surface area contributed by atoms with Gasteiger partial charge >= 0.3 is 0 Å². The maximum absolute atomic E-state index is 5.96. The van der Waals surface area contributed by atoms with Gasteiger partial charge in [0.15, 0.2) is 0 Å². The first-order chi connectivity index (χ1) is 8.33. The molecule has 2 aliphatic carbocycles. The molecule has 0 amide bonds. The molecule has 0 aromatic carbocycles. The SMILES string of the molecule is NC1CCC(NC2CCCc3sccc32)CC1. The van der Waals surface area contributed by atoms with Crippen molar-refractivity contribution in [2.24, 2.45) is 5.73 Å². The van der Waals surface area contributed by atoms with E-state index in [1.54, 1.807) is 10.4 Å². The van der Waals surface area contributed by atoms with Crippen LogP contribution in [0.4, 0.5) is 0 Å². The van der Waals surface area contributed by atoms with E-state index in [0.29, 0.717) is 18.1 Å². The van der Waals surface area contributed by atoms with Crippen LogP contribution in [0.25, 0.3) is 0 Å². The fourth-order valence-electron chi connectivity index (χ4n) is 3.23. The summed E-state index contributed by atoms with van der Waals surface area (Å²) in [7, 11) is 0. The zero-order valence-electron chi connectivity index (χ0n) is 10.3. The molecule has 2 aliphatic rings. The van der Waals surface area contributed by atoms with Crippen molar-refractivity contribution in [3.8, 4) is 0 Å². The molecule has 0 saturated heterocycles. The van der Waals surface area contributed by atoms with Gasteiger partial charge in [0, 0.05) is 23.0 Å². The summed E-state index contributed by atoms with van der Waals surface area (Å²) in [6.07, 6.45) is 8.86. The van der Waals surface area contributed by atoms with Crippen LogP contribution in [-0.4, -0.2) is 12.1 Å². The van der Waals surface area contributed by atoms with Crippen molar-refractivity contribution in [1.82, 2.24) is 5.32 Å². The Bertz CT molecular complexity index is 366. The second-order valence-electron chi connectivity index (χ2n) is 5.52. The Morgan fingerprint density at radius 2 is 2.00 bits per heavy atom. The fraction of sp³-hybridized carbons (Fsp3) is 0.714. The molecular weight excluding hydrogens is 228 g/mol. The Morgan fingerprint density at radius 1 is 1.18 bits per heavy atom.